The van der Waals surface area contributed by atoms with Gasteiger partial charge in [0.25, 0.3) is 80.9 Å². The van der Waals surface area contributed by atoms with E-state index in [0.717, 1.165) is 19.1 Å². The molecule has 2 rings (SSSR count). The first-order valence-electron chi connectivity index (χ1n) is 14.7. The quantitative estimate of drug-likeness (QED) is 0.0579. The molecule has 1 saturated heterocycles. The van der Waals surface area contributed by atoms with Crippen molar-refractivity contribution in [2.75, 3.05) is 16.8 Å². The van der Waals surface area contributed by atoms with Crippen LogP contribution in [0.4, 0.5) is 5.69 Å². The predicted octanol–water partition coefficient (Wildman–Crippen LogP) is -5.31. The predicted molar refractivity (Wildman–Crippen MR) is 191 cm³/mol. The highest BCUT2D eigenvalue weighted by Crippen LogP contribution is 2.37. The molecule has 1 aromatic rings. The van der Waals surface area contributed by atoms with Gasteiger partial charge < -0.3 is 20.1 Å². The standard InChI is InChI=1S/C21H32N2O28S8/c1-9(24)23-11-4-2-3-10(5-11)6-22-20(25)18(58(44,45)46)16(56(38,39)40)14(13(54(32,33)34)8-53(29,30)31)51-21-19(59(47,48)49)17(57(41,42)43)15(55(35,36)37)12(50-21)7-52(26,27)28/h2-5,12-19,21H,6-8H2,1H3,(H,22,25)(H,23,24)(H,26,27,28)(H,29,30,31)(H,32,33,34)(H,35,36,37)(H,38,39,40)(H,41,42,43)(H,44,45,46)(H,47,48,49)/t12-,13-,14-,15+,16+,17+,18-,19-,21+/m1/s1. The van der Waals surface area contributed by atoms with Gasteiger partial charge in [-0.3, -0.25) is 46.0 Å². The summed E-state index contributed by atoms with van der Waals surface area (Å²) in [5.41, 5.74) is -0.105. The fourth-order valence-electron chi connectivity index (χ4n) is 5.64. The second-order valence-corrected chi connectivity index (χ2v) is 24.6. The van der Waals surface area contributed by atoms with Crippen LogP contribution in [-0.2, 0) is 107 Å². The average molecular weight is 1020 g/mol. The SMILES string of the molecule is CC(=O)Nc1cccc(CNC(=O)[C@@H]([C@H]([C@H](O[C@@H]2O[C@H](CS(=O)(=O)O)[C@H](S(=O)(=O)O)[C@H](S(=O)(=O)O)[C@H]2S(=O)(=O)O)[C@@H](CS(=O)(=O)O)S(=O)(=O)O)S(=O)(=O)O)S(=O)(=O)O)c1. The fraction of sp³-hybridized carbons (Fsp3) is 0.619. The van der Waals surface area contributed by atoms with Gasteiger partial charge >= 0.3 is 0 Å². The third kappa shape index (κ3) is 15.0. The molecule has 0 spiro atoms. The lowest BCUT2D eigenvalue weighted by molar-refractivity contribution is -0.206. The van der Waals surface area contributed by atoms with Crippen LogP contribution in [0.25, 0.3) is 0 Å². The van der Waals surface area contributed by atoms with Crippen LogP contribution in [-0.4, -0.2) is 177 Å². The van der Waals surface area contributed by atoms with Crippen molar-refractivity contribution in [3.8, 4) is 0 Å². The molecular formula is C21H32N2O28S8. The molecule has 1 aromatic carbocycles. The Morgan fingerprint density at radius 3 is 1.59 bits per heavy atom. The fourth-order valence-corrected chi connectivity index (χ4v) is 16.4. The van der Waals surface area contributed by atoms with E-state index in [4.69, 9.17) is 9.47 Å². The van der Waals surface area contributed by atoms with Gasteiger partial charge in [0.1, 0.15) is 32.9 Å². The maximum Gasteiger partial charge on any atom is 0.278 e. The van der Waals surface area contributed by atoms with Crippen LogP contribution < -0.4 is 10.6 Å². The third-order valence-corrected chi connectivity index (χ3v) is 17.3. The molecule has 0 bridgehead atoms. The zero-order chi connectivity index (χ0) is 46.3. The van der Waals surface area contributed by atoms with Gasteiger partial charge in [-0.1, -0.05) is 12.1 Å². The number of hydrogen-bond acceptors (Lipinski definition) is 20. The molecule has 0 aromatic heterocycles. The van der Waals surface area contributed by atoms with Crippen molar-refractivity contribution in [2.45, 2.75) is 63.5 Å². The molecule has 0 saturated carbocycles. The van der Waals surface area contributed by atoms with Gasteiger partial charge in [0.2, 0.25) is 11.8 Å². The first kappa shape index (κ1) is 52.5. The number of rotatable bonds is 19. The van der Waals surface area contributed by atoms with Crippen molar-refractivity contribution >= 4 is 98.4 Å². The van der Waals surface area contributed by atoms with Crippen LogP contribution >= 0.6 is 0 Å². The molecule has 1 aliphatic heterocycles. The Kier molecular flexibility index (Phi) is 16.0. The topological polar surface area (TPSA) is 512 Å². The Hall–Kier alpha value is -2.64. The molecule has 342 valence electrons. The van der Waals surface area contributed by atoms with Crippen molar-refractivity contribution in [1.29, 1.82) is 0 Å². The second-order valence-electron chi connectivity index (χ2n) is 12.1. The molecule has 9 atom stereocenters. The summed E-state index contributed by atoms with van der Waals surface area (Å²) in [6, 6.07) is 4.71. The van der Waals surface area contributed by atoms with E-state index in [1.54, 1.807) is 5.32 Å². The molecule has 38 heteroatoms. The Bertz CT molecular complexity index is 2700. The monoisotopic (exact) mass is 1020 g/mol. The van der Waals surface area contributed by atoms with Gasteiger partial charge in [-0.05, 0) is 17.7 Å². The summed E-state index contributed by atoms with van der Waals surface area (Å²) >= 11 is 0. The van der Waals surface area contributed by atoms with E-state index >= 15 is 0 Å². The summed E-state index contributed by atoms with van der Waals surface area (Å²) in [6.07, 6.45) is -11.4. The molecule has 1 fully saturated rings. The maximum atomic E-state index is 13.4. The first-order valence-corrected chi connectivity index (χ1v) is 26.9. The summed E-state index contributed by atoms with van der Waals surface area (Å²) in [6.45, 7) is 0.0949. The Morgan fingerprint density at radius 1 is 0.695 bits per heavy atom. The zero-order valence-corrected chi connectivity index (χ0v) is 35.2. The number of benzene rings is 1. The Morgan fingerprint density at radius 2 is 1.20 bits per heavy atom. The number of hydrogen-bond donors (Lipinski definition) is 10. The van der Waals surface area contributed by atoms with Crippen molar-refractivity contribution < 1.29 is 123 Å². The third-order valence-electron chi connectivity index (χ3n) is 7.67. The van der Waals surface area contributed by atoms with E-state index in [9.17, 15) is 113 Å². The van der Waals surface area contributed by atoms with Gasteiger partial charge in [0.15, 0.2) is 16.8 Å². The molecule has 30 nitrogen and oxygen atoms in total. The highest BCUT2D eigenvalue weighted by molar-refractivity contribution is 7.93. The van der Waals surface area contributed by atoms with E-state index in [-0.39, 0.29) is 11.3 Å². The lowest BCUT2D eigenvalue weighted by atomic mass is 10.1. The minimum atomic E-state index is -6.81. The molecule has 1 aliphatic rings. The van der Waals surface area contributed by atoms with Crippen LogP contribution in [0.3, 0.4) is 0 Å². The van der Waals surface area contributed by atoms with Gasteiger partial charge in [-0.2, -0.15) is 67.3 Å². The van der Waals surface area contributed by atoms with E-state index in [1.165, 1.54) is 12.1 Å². The van der Waals surface area contributed by atoms with Gasteiger partial charge in [-0.15, -0.1) is 0 Å². The maximum absolute atomic E-state index is 13.4. The zero-order valence-electron chi connectivity index (χ0n) is 28.6. The molecule has 0 radical (unpaired) electrons. The molecule has 59 heavy (non-hydrogen) atoms. The first-order chi connectivity index (χ1) is 26.1. The van der Waals surface area contributed by atoms with Crippen molar-refractivity contribution in [3.05, 3.63) is 29.8 Å². The molecule has 0 unspecified atom stereocenters. The molecular weight excluding hydrogens is 985 g/mol. The molecule has 1 heterocycles. The lowest BCUT2D eigenvalue weighted by Gasteiger charge is -2.44. The van der Waals surface area contributed by atoms with Gasteiger partial charge in [0.05, 0.1) is 11.9 Å². The van der Waals surface area contributed by atoms with Crippen molar-refractivity contribution in [1.82, 2.24) is 5.32 Å². The molecule has 2 amide bonds. The number of anilines is 1. The second kappa shape index (κ2) is 18.0. The van der Waals surface area contributed by atoms with Crippen LogP contribution in [0, 0.1) is 0 Å². The lowest BCUT2D eigenvalue weighted by Crippen LogP contribution is -2.68. The normalized spacial score (nSPS) is 23.6. The van der Waals surface area contributed by atoms with Crippen LogP contribution in [0.15, 0.2) is 24.3 Å². The number of carbonyl (C=O) groups is 2. The number of nitrogens with one attached hydrogen (secondary N) is 2. The van der Waals surface area contributed by atoms with Crippen LogP contribution in [0.5, 0.6) is 0 Å². The van der Waals surface area contributed by atoms with Crippen LogP contribution in [0.2, 0.25) is 0 Å². The van der Waals surface area contributed by atoms with E-state index < -0.39 is 161 Å². The molecule has 0 aliphatic carbocycles. The summed E-state index contributed by atoms with van der Waals surface area (Å²) in [5.74, 6) is -8.01. The van der Waals surface area contributed by atoms with Gasteiger partial charge in [-0.25, -0.2) is 0 Å². The van der Waals surface area contributed by atoms with E-state index in [0.29, 0.717) is 0 Å². The van der Waals surface area contributed by atoms with E-state index in [1.807, 2.05) is 0 Å². The van der Waals surface area contributed by atoms with Crippen molar-refractivity contribution in [3.63, 3.8) is 0 Å². The largest absolute Gasteiger partial charge is 0.351 e. The van der Waals surface area contributed by atoms with Crippen LogP contribution in [0.1, 0.15) is 12.5 Å². The number of ether oxygens (including phenoxy) is 2. The highest BCUT2D eigenvalue weighted by Gasteiger charge is 2.64. The molecule has 10 N–H and O–H groups in total. The summed E-state index contributed by atoms with van der Waals surface area (Å²) in [5, 5.41) is -19.9. The van der Waals surface area contributed by atoms with Crippen molar-refractivity contribution in [2.24, 2.45) is 0 Å². The summed E-state index contributed by atoms with van der Waals surface area (Å²) in [7, 11) is -51.4. The average Bonchev–Trinajstić information content (AvgIpc) is 2.95. The highest BCUT2D eigenvalue weighted by atomic mass is 32.3. The van der Waals surface area contributed by atoms with Gasteiger partial charge in [0, 0.05) is 19.2 Å². The smallest absolute Gasteiger partial charge is 0.278 e. The minimum Gasteiger partial charge on any atom is -0.351 e. The summed E-state index contributed by atoms with van der Waals surface area (Å²) in [4.78, 5) is 24.8. The Balaban J connectivity index is 3.12. The Labute approximate surface area is 335 Å². The van der Waals surface area contributed by atoms with E-state index in [2.05, 4.69) is 5.32 Å². The number of amides is 2. The number of carbonyl (C=O) groups excluding carboxylic acids is 2. The summed E-state index contributed by atoms with van der Waals surface area (Å²) < 4.78 is 288. The minimum absolute atomic E-state index is 0.00803.